The molecular formula is C13H17N3O3S. The summed E-state index contributed by atoms with van der Waals surface area (Å²) in [7, 11) is 0. The fraction of sp³-hybridized carbons (Fsp3) is 0.385. The van der Waals surface area contributed by atoms with E-state index >= 15 is 0 Å². The minimum Gasteiger partial charge on any atom is -0.398 e. The molecule has 0 fully saturated rings. The Morgan fingerprint density at radius 1 is 1.55 bits per heavy atom. The molecule has 7 heteroatoms. The van der Waals surface area contributed by atoms with E-state index in [1.807, 2.05) is 5.40 Å². The molecule has 0 radical (unpaired) electrons. The van der Waals surface area contributed by atoms with Crippen molar-refractivity contribution in [2.45, 2.75) is 30.4 Å². The first-order valence-electron chi connectivity index (χ1n) is 6.01. The molecule has 1 aromatic rings. The van der Waals surface area contributed by atoms with Crippen molar-refractivity contribution in [2.24, 2.45) is 0 Å². The van der Waals surface area contributed by atoms with Crippen molar-refractivity contribution in [3.05, 3.63) is 23.8 Å². The number of nitrogens with zero attached hydrogens (tertiary/aromatic N) is 1. The first kappa shape index (κ1) is 16.3. The number of benzene rings is 1. The van der Waals surface area contributed by atoms with Crippen molar-refractivity contribution in [1.82, 2.24) is 5.32 Å². The lowest BCUT2D eigenvalue weighted by Crippen LogP contribution is -2.28. The van der Waals surface area contributed by atoms with Gasteiger partial charge in [-0.2, -0.15) is 5.26 Å². The highest BCUT2D eigenvalue weighted by Gasteiger charge is 2.20. The third-order valence-electron chi connectivity index (χ3n) is 2.72. The van der Waals surface area contributed by atoms with E-state index in [2.05, 4.69) is 5.32 Å². The number of rotatable bonds is 6. The monoisotopic (exact) mass is 295 g/mol. The number of nitrogens with one attached hydrogen (secondary N) is 1. The van der Waals surface area contributed by atoms with Crippen LogP contribution in [-0.4, -0.2) is 28.8 Å². The lowest BCUT2D eigenvalue weighted by atomic mass is 10.0. The van der Waals surface area contributed by atoms with E-state index in [4.69, 9.17) is 11.0 Å². The lowest BCUT2D eigenvalue weighted by Gasteiger charge is -2.20. The van der Waals surface area contributed by atoms with Crippen LogP contribution in [-0.2, 0) is 4.79 Å². The molecule has 1 amide bonds. The standard InChI is InChI=1S/C13H17N3O3S/c1-8(17)16-5-4-12(18)13(19)10-6-9(20-7-14)2-3-11(10)15/h2-3,6,12-13,18-19H,4-5,15H2,1H3,(H,16,17). The van der Waals surface area contributed by atoms with E-state index in [0.29, 0.717) is 16.1 Å². The van der Waals surface area contributed by atoms with E-state index in [1.54, 1.807) is 18.2 Å². The zero-order valence-corrected chi connectivity index (χ0v) is 11.9. The van der Waals surface area contributed by atoms with Gasteiger partial charge in [0.25, 0.3) is 0 Å². The summed E-state index contributed by atoms with van der Waals surface area (Å²) in [6.45, 7) is 1.64. The van der Waals surface area contributed by atoms with Gasteiger partial charge in [-0.05, 0) is 36.4 Å². The zero-order valence-electron chi connectivity index (χ0n) is 11.0. The first-order valence-corrected chi connectivity index (χ1v) is 6.83. The molecule has 0 spiro atoms. The number of aliphatic hydroxyl groups is 2. The summed E-state index contributed by atoms with van der Waals surface area (Å²) in [4.78, 5) is 11.4. The number of nitriles is 1. The quantitative estimate of drug-likeness (QED) is 0.349. The number of aliphatic hydroxyl groups excluding tert-OH is 2. The van der Waals surface area contributed by atoms with Crippen LogP contribution in [0.5, 0.6) is 0 Å². The Balaban J connectivity index is 2.74. The van der Waals surface area contributed by atoms with E-state index in [-0.39, 0.29) is 18.9 Å². The maximum atomic E-state index is 10.7. The zero-order chi connectivity index (χ0) is 15.1. The van der Waals surface area contributed by atoms with Crippen molar-refractivity contribution >= 4 is 23.4 Å². The minimum atomic E-state index is -1.16. The summed E-state index contributed by atoms with van der Waals surface area (Å²) < 4.78 is 0. The Kier molecular flexibility index (Phi) is 6.31. The molecule has 6 nitrogen and oxygen atoms in total. The molecule has 0 aliphatic carbocycles. The lowest BCUT2D eigenvalue weighted by molar-refractivity contribution is -0.119. The number of carbonyl (C=O) groups excluding carboxylic acids is 1. The largest absolute Gasteiger partial charge is 0.398 e. The van der Waals surface area contributed by atoms with Gasteiger partial charge in [-0.1, -0.05) is 0 Å². The highest BCUT2D eigenvalue weighted by Crippen LogP contribution is 2.29. The van der Waals surface area contributed by atoms with E-state index in [1.165, 1.54) is 6.92 Å². The average molecular weight is 295 g/mol. The van der Waals surface area contributed by atoms with Crippen LogP contribution in [0.2, 0.25) is 0 Å². The number of nitrogens with two attached hydrogens (primary N) is 1. The second-order valence-corrected chi connectivity index (χ2v) is 5.13. The average Bonchev–Trinajstić information content (AvgIpc) is 2.40. The normalized spacial score (nSPS) is 13.3. The summed E-state index contributed by atoms with van der Waals surface area (Å²) in [6.07, 6.45) is -2.01. The van der Waals surface area contributed by atoms with Crippen molar-refractivity contribution < 1.29 is 15.0 Å². The second kappa shape index (κ2) is 7.75. The fourth-order valence-corrected chi connectivity index (χ4v) is 2.11. The molecule has 0 aliphatic rings. The van der Waals surface area contributed by atoms with Crippen LogP contribution >= 0.6 is 11.8 Å². The Hall–Kier alpha value is -1.75. The van der Waals surface area contributed by atoms with Crippen LogP contribution in [0.1, 0.15) is 25.0 Å². The Morgan fingerprint density at radius 3 is 2.85 bits per heavy atom. The highest BCUT2D eigenvalue weighted by molar-refractivity contribution is 8.03. The van der Waals surface area contributed by atoms with Crippen LogP contribution in [0.3, 0.4) is 0 Å². The summed E-state index contributed by atoms with van der Waals surface area (Å²) >= 11 is 0.949. The van der Waals surface area contributed by atoms with Crippen molar-refractivity contribution in [3.8, 4) is 5.40 Å². The van der Waals surface area contributed by atoms with Gasteiger partial charge in [0.05, 0.1) is 6.10 Å². The van der Waals surface area contributed by atoms with E-state index in [9.17, 15) is 15.0 Å². The Labute approximate surface area is 121 Å². The van der Waals surface area contributed by atoms with Crippen LogP contribution in [0.4, 0.5) is 5.69 Å². The van der Waals surface area contributed by atoms with Gasteiger partial charge in [0, 0.05) is 29.6 Å². The molecule has 0 aliphatic heterocycles. The first-order chi connectivity index (χ1) is 9.45. The number of thiocyanates is 1. The molecule has 1 rings (SSSR count). The smallest absolute Gasteiger partial charge is 0.216 e. The Bertz CT molecular complexity index is 516. The molecule has 5 N–H and O–H groups in total. The third kappa shape index (κ3) is 4.74. The van der Waals surface area contributed by atoms with E-state index in [0.717, 1.165) is 11.8 Å². The predicted molar refractivity (Wildman–Crippen MR) is 76.6 cm³/mol. The topological polar surface area (TPSA) is 119 Å². The molecule has 0 saturated heterocycles. The van der Waals surface area contributed by atoms with Crippen molar-refractivity contribution in [1.29, 1.82) is 5.26 Å². The number of thioether (sulfide) groups is 1. The van der Waals surface area contributed by atoms with Gasteiger partial charge < -0.3 is 21.3 Å². The van der Waals surface area contributed by atoms with Gasteiger partial charge >= 0.3 is 0 Å². The van der Waals surface area contributed by atoms with Crippen molar-refractivity contribution in [2.75, 3.05) is 12.3 Å². The molecule has 2 unspecified atom stereocenters. The maximum Gasteiger partial charge on any atom is 0.216 e. The number of carbonyl (C=O) groups is 1. The number of nitrogen functional groups attached to an aromatic ring is 1. The van der Waals surface area contributed by atoms with Crippen LogP contribution in [0.25, 0.3) is 0 Å². The van der Waals surface area contributed by atoms with Gasteiger partial charge in [0.2, 0.25) is 5.91 Å². The number of amides is 1. The second-order valence-electron chi connectivity index (χ2n) is 4.27. The third-order valence-corrected chi connectivity index (χ3v) is 3.30. The molecule has 1 aromatic carbocycles. The number of hydrogen-bond acceptors (Lipinski definition) is 6. The summed E-state index contributed by atoms with van der Waals surface area (Å²) in [5.74, 6) is -0.196. The molecule has 0 heterocycles. The Morgan fingerprint density at radius 2 is 2.25 bits per heavy atom. The molecule has 0 aromatic heterocycles. The summed E-state index contributed by atoms with van der Waals surface area (Å²) in [5.41, 5.74) is 6.49. The molecule has 0 saturated carbocycles. The molecular weight excluding hydrogens is 278 g/mol. The van der Waals surface area contributed by atoms with Crippen LogP contribution in [0, 0.1) is 10.7 Å². The summed E-state index contributed by atoms with van der Waals surface area (Å²) in [6, 6.07) is 4.83. The van der Waals surface area contributed by atoms with Gasteiger partial charge in [0.1, 0.15) is 11.5 Å². The minimum absolute atomic E-state index is 0.196. The highest BCUT2D eigenvalue weighted by atomic mass is 32.2. The van der Waals surface area contributed by atoms with Crippen molar-refractivity contribution in [3.63, 3.8) is 0 Å². The van der Waals surface area contributed by atoms with E-state index < -0.39 is 12.2 Å². The van der Waals surface area contributed by atoms with Gasteiger partial charge in [-0.25, -0.2) is 0 Å². The maximum absolute atomic E-state index is 10.7. The predicted octanol–water partition coefficient (Wildman–Crippen LogP) is 0.762. The van der Waals surface area contributed by atoms with Gasteiger partial charge in [-0.3, -0.25) is 4.79 Å². The molecule has 2 atom stereocenters. The summed E-state index contributed by atoms with van der Waals surface area (Å²) in [5, 5.41) is 33.1. The van der Waals surface area contributed by atoms with Gasteiger partial charge in [0.15, 0.2) is 0 Å². The van der Waals surface area contributed by atoms with Gasteiger partial charge in [-0.15, -0.1) is 0 Å². The fourth-order valence-electron chi connectivity index (χ4n) is 1.69. The van der Waals surface area contributed by atoms with Crippen LogP contribution in [0.15, 0.2) is 23.1 Å². The van der Waals surface area contributed by atoms with Crippen LogP contribution < -0.4 is 11.1 Å². The molecule has 20 heavy (non-hydrogen) atoms. The molecule has 108 valence electrons. The molecule has 0 bridgehead atoms. The SMILES string of the molecule is CC(=O)NCCC(O)C(O)c1cc(SC#N)ccc1N. The number of hydrogen-bond donors (Lipinski definition) is 4. The number of anilines is 1.